The summed E-state index contributed by atoms with van der Waals surface area (Å²) in [5.41, 5.74) is -2.03. The standard InChI is InChI=1S/C22H28F3N3O3/c1-14-7-9-21(10-8-14)18(30)28(19(31)27-21)12-17(29)26-13-20(2,3)15-5-4-6-16(11-15)22(23,24)25/h4-6,11,14H,7-10,12-13H2,1-3H3,(H,26,29)(H,27,31). The van der Waals surface area contributed by atoms with Crippen molar-refractivity contribution in [3.63, 3.8) is 0 Å². The number of benzene rings is 1. The summed E-state index contributed by atoms with van der Waals surface area (Å²) >= 11 is 0. The second kappa shape index (κ2) is 8.16. The van der Waals surface area contributed by atoms with Crippen LogP contribution >= 0.6 is 0 Å². The van der Waals surface area contributed by atoms with E-state index >= 15 is 0 Å². The fourth-order valence-corrected chi connectivity index (χ4v) is 4.15. The van der Waals surface area contributed by atoms with E-state index in [9.17, 15) is 27.6 Å². The minimum absolute atomic E-state index is 0.0550. The molecule has 0 bridgehead atoms. The van der Waals surface area contributed by atoms with Crippen molar-refractivity contribution in [1.29, 1.82) is 0 Å². The monoisotopic (exact) mass is 439 g/mol. The van der Waals surface area contributed by atoms with Gasteiger partial charge in [0, 0.05) is 12.0 Å². The Kier molecular flexibility index (Phi) is 6.08. The molecule has 2 N–H and O–H groups in total. The molecule has 1 aliphatic carbocycles. The molecule has 0 radical (unpaired) electrons. The predicted octanol–water partition coefficient (Wildman–Crippen LogP) is 3.60. The van der Waals surface area contributed by atoms with E-state index in [0.29, 0.717) is 24.3 Å². The molecule has 2 fully saturated rings. The van der Waals surface area contributed by atoms with Crippen LogP contribution in [0.5, 0.6) is 0 Å². The van der Waals surface area contributed by atoms with Crippen LogP contribution in [0.1, 0.15) is 57.6 Å². The highest BCUT2D eigenvalue weighted by Crippen LogP contribution is 2.36. The minimum Gasteiger partial charge on any atom is -0.354 e. The Balaban J connectivity index is 1.61. The van der Waals surface area contributed by atoms with Gasteiger partial charge in [0.05, 0.1) is 5.56 Å². The lowest BCUT2D eigenvalue weighted by atomic mass is 9.77. The zero-order valence-corrected chi connectivity index (χ0v) is 17.9. The Morgan fingerprint density at radius 2 is 1.81 bits per heavy atom. The van der Waals surface area contributed by atoms with Gasteiger partial charge in [-0.15, -0.1) is 0 Å². The van der Waals surface area contributed by atoms with Gasteiger partial charge in [-0.25, -0.2) is 4.79 Å². The molecule has 0 atom stereocenters. The molecule has 1 heterocycles. The number of rotatable bonds is 5. The lowest BCUT2D eigenvalue weighted by Gasteiger charge is -2.33. The Morgan fingerprint density at radius 3 is 2.42 bits per heavy atom. The number of nitrogens with one attached hydrogen (secondary N) is 2. The maximum atomic E-state index is 13.0. The summed E-state index contributed by atoms with van der Waals surface area (Å²) in [6.07, 6.45) is -1.68. The molecule has 1 aliphatic heterocycles. The third kappa shape index (κ3) is 4.85. The van der Waals surface area contributed by atoms with Gasteiger partial charge in [0.2, 0.25) is 5.91 Å². The van der Waals surface area contributed by atoms with Gasteiger partial charge in [0.15, 0.2) is 0 Å². The molecule has 3 rings (SSSR count). The van der Waals surface area contributed by atoms with E-state index in [-0.39, 0.29) is 12.5 Å². The number of hydrogen-bond acceptors (Lipinski definition) is 3. The highest BCUT2D eigenvalue weighted by molar-refractivity contribution is 6.09. The van der Waals surface area contributed by atoms with E-state index < -0.39 is 41.2 Å². The van der Waals surface area contributed by atoms with Crippen LogP contribution in [0.3, 0.4) is 0 Å². The van der Waals surface area contributed by atoms with Gasteiger partial charge in [-0.2, -0.15) is 13.2 Å². The van der Waals surface area contributed by atoms with Crippen molar-refractivity contribution in [2.75, 3.05) is 13.1 Å². The van der Waals surface area contributed by atoms with E-state index in [1.54, 1.807) is 19.9 Å². The first kappa shape index (κ1) is 23.1. The first-order valence-electron chi connectivity index (χ1n) is 10.4. The predicted molar refractivity (Wildman–Crippen MR) is 108 cm³/mol. The molecule has 9 heteroatoms. The molecule has 1 aromatic carbocycles. The SMILES string of the molecule is CC1CCC2(CC1)NC(=O)N(CC(=O)NCC(C)(C)c1cccc(C(F)(F)F)c1)C2=O. The lowest BCUT2D eigenvalue weighted by Crippen LogP contribution is -2.50. The zero-order valence-electron chi connectivity index (χ0n) is 17.9. The first-order valence-corrected chi connectivity index (χ1v) is 10.4. The van der Waals surface area contributed by atoms with E-state index in [0.717, 1.165) is 29.9 Å². The van der Waals surface area contributed by atoms with Crippen LogP contribution in [0, 0.1) is 5.92 Å². The van der Waals surface area contributed by atoms with E-state index in [2.05, 4.69) is 17.6 Å². The smallest absolute Gasteiger partial charge is 0.354 e. The molecular weight excluding hydrogens is 411 g/mol. The van der Waals surface area contributed by atoms with E-state index in [1.807, 2.05) is 0 Å². The van der Waals surface area contributed by atoms with Crippen LogP contribution in [-0.2, 0) is 21.2 Å². The Bertz CT molecular complexity index is 874. The summed E-state index contributed by atoms with van der Waals surface area (Å²) in [6, 6.07) is 4.40. The van der Waals surface area contributed by atoms with Gasteiger partial charge in [-0.05, 0) is 43.2 Å². The van der Waals surface area contributed by atoms with Crippen LogP contribution in [0.15, 0.2) is 24.3 Å². The average Bonchev–Trinajstić information content (AvgIpc) is 2.92. The topological polar surface area (TPSA) is 78.5 Å². The van der Waals surface area contributed by atoms with E-state index in [1.165, 1.54) is 6.07 Å². The molecule has 170 valence electrons. The van der Waals surface area contributed by atoms with Gasteiger partial charge < -0.3 is 10.6 Å². The highest BCUT2D eigenvalue weighted by atomic mass is 19.4. The highest BCUT2D eigenvalue weighted by Gasteiger charge is 2.52. The fourth-order valence-electron chi connectivity index (χ4n) is 4.15. The van der Waals surface area contributed by atoms with Gasteiger partial charge in [-0.1, -0.05) is 39.0 Å². The number of halogens is 3. The number of urea groups is 1. The minimum atomic E-state index is -4.45. The number of nitrogens with zero attached hydrogens (tertiary/aromatic N) is 1. The molecule has 6 nitrogen and oxygen atoms in total. The molecule has 2 aliphatic rings. The van der Waals surface area contributed by atoms with Crippen molar-refractivity contribution >= 4 is 17.8 Å². The quantitative estimate of drug-likeness (QED) is 0.688. The van der Waals surface area contributed by atoms with Crippen LogP contribution < -0.4 is 10.6 Å². The molecule has 1 saturated carbocycles. The van der Waals surface area contributed by atoms with Crippen LogP contribution in [0.2, 0.25) is 0 Å². The van der Waals surface area contributed by atoms with Gasteiger partial charge in [-0.3, -0.25) is 14.5 Å². The molecule has 1 saturated heterocycles. The van der Waals surface area contributed by atoms with Crippen molar-refractivity contribution in [2.45, 2.75) is 63.6 Å². The zero-order chi connectivity index (χ0) is 23.0. The van der Waals surface area contributed by atoms with Crippen molar-refractivity contribution in [2.24, 2.45) is 5.92 Å². The Morgan fingerprint density at radius 1 is 1.19 bits per heavy atom. The number of hydrogen-bond donors (Lipinski definition) is 2. The molecule has 0 aromatic heterocycles. The number of carbonyl (C=O) groups excluding carboxylic acids is 3. The maximum Gasteiger partial charge on any atom is 0.416 e. The fraction of sp³-hybridized carbons (Fsp3) is 0.591. The van der Waals surface area contributed by atoms with Crippen molar-refractivity contribution in [3.05, 3.63) is 35.4 Å². The van der Waals surface area contributed by atoms with Crippen LogP contribution in [0.4, 0.5) is 18.0 Å². The Labute approximate surface area is 179 Å². The molecule has 1 spiro atoms. The lowest BCUT2D eigenvalue weighted by molar-refractivity contribution is -0.137. The first-order chi connectivity index (χ1) is 14.3. The van der Waals surface area contributed by atoms with Crippen LogP contribution in [0.25, 0.3) is 0 Å². The maximum absolute atomic E-state index is 13.0. The molecule has 0 unspecified atom stereocenters. The average molecular weight is 439 g/mol. The summed E-state index contributed by atoms with van der Waals surface area (Å²) in [6.45, 7) is 5.18. The number of imide groups is 1. The number of carbonyl (C=O) groups is 3. The third-order valence-electron chi connectivity index (χ3n) is 6.37. The molecular formula is C22H28F3N3O3. The molecule has 31 heavy (non-hydrogen) atoms. The summed E-state index contributed by atoms with van der Waals surface area (Å²) in [5, 5.41) is 5.42. The molecule has 1 aromatic rings. The van der Waals surface area contributed by atoms with Gasteiger partial charge in [0.1, 0.15) is 12.1 Å². The van der Waals surface area contributed by atoms with E-state index in [4.69, 9.17) is 0 Å². The second-order valence-corrected chi connectivity index (χ2v) is 9.33. The number of amides is 4. The molecule has 4 amide bonds. The summed E-state index contributed by atoms with van der Waals surface area (Å²) in [4.78, 5) is 38.6. The summed E-state index contributed by atoms with van der Waals surface area (Å²) < 4.78 is 39.0. The van der Waals surface area contributed by atoms with Crippen molar-refractivity contribution in [3.8, 4) is 0 Å². The normalized spacial score (nSPS) is 24.5. The van der Waals surface area contributed by atoms with Gasteiger partial charge in [0.25, 0.3) is 5.91 Å². The van der Waals surface area contributed by atoms with Crippen LogP contribution in [-0.4, -0.2) is 41.4 Å². The van der Waals surface area contributed by atoms with Crippen molar-refractivity contribution < 1.29 is 27.6 Å². The van der Waals surface area contributed by atoms with Gasteiger partial charge >= 0.3 is 12.2 Å². The second-order valence-electron chi connectivity index (χ2n) is 9.33. The summed E-state index contributed by atoms with van der Waals surface area (Å²) in [7, 11) is 0. The summed E-state index contributed by atoms with van der Waals surface area (Å²) in [5.74, 6) is -0.424. The number of alkyl halides is 3. The van der Waals surface area contributed by atoms with Crippen molar-refractivity contribution in [1.82, 2.24) is 15.5 Å². The third-order valence-corrected chi connectivity index (χ3v) is 6.37. The largest absolute Gasteiger partial charge is 0.416 e. The Hall–Kier alpha value is -2.58.